The first-order chi connectivity index (χ1) is 13.7. The maximum atomic E-state index is 12.4. The molecule has 0 saturated carbocycles. The van der Waals surface area contributed by atoms with E-state index in [-0.39, 0.29) is 5.91 Å². The zero-order valence-corrected chi connectivity index (χ0v) is 15.8. The molecule has 1 N–H and O–H groups in total. The molecular formula is C20H16N4O3S. The van der Waals surface area contributed by atoms with Crippen molar-refractivity contribution in [2.75, 3.05) is 25.2 Å². The molecule has 0 spiro atoms. The number of carbonyl (C=O) groups is 1. The largest absolute Gasteiger partial charge is 0.486 e. The zero-order chi connectivity index (χ0) is 19.1. The second-order valence-electron chi connectivity index (χ2n) is 6.39. The van der Waals surface area contributed by atoms with Gasteiger partial charge in [0.05, 0.1) is 15.7 Å². The van der Waals surface area contributed by atoms with Crippen LogP contribution in [0.3, 0.4) is 0 Å². The fourth-order valence-electron chi connectivity index (χ4n) is 3.10. The molecule has 1 amide bonds. The van der Waals surface area contributed by atoms with Gasteiger partial charge in [-0.2, -0.15) is 0 Å². The van der Waals surface area contributed by atoms with Crippen LogP contribution in [0.2, 0.25) is 0 Å². The van der Waals surface area contributed by atoms with E-state index >= 15 is 0 Å². The van der Waals surface area contributed by atoms with Gasteiger partial charge >= 0.3 is 0 Å². The highest BCUT2D eigenvalue weighted by Gasteiger charge is 2.24. The highest BCUT2D eigenvalue weighted by molar-refractivity contribution is 7.16. The Bertz CT molecular complexity index is 1150. The fourth-order valence-corrected chi connectivity index (χ4v) is 3.81. The Balaban J connectivity index is 1.43. The van der Waals surface area contributed by atoms with Crippen molar-refractivity contribution in [1.29, 1.82) is 0 Å². The smallest absolute Gasteiger partial charge is 0.276 e. The molecule has 0 aliphatic carbocycles. The van der Waals surface area contributed by atoms with E-state index in [1.165, 1.54) is 0 Å². The quantitative estimate of drug-likeness (QED) is 0.679. The van der Waals surface area contributed by atoms with Crippen LogP contribution in [-0.2, 0) is 4.79 Å². The molecule has 0 unspecified atom stereocenters. The van der Waals surface area contributed by atoms with Crippen LogP contribution in [0.1, 0.15) is 5.56 Å². The second-order valence-corrected chi connectivity index (χ2v) is 7.27. The number of carbonyl (C=O) groups excluding carboxylic acids is 1. The van der Waals surface area contributed by atoms with Gasteiger partial charge in [-0.1, -0.05) is 6.07 Å². The zero-order valence-electron chi connectivity index (χ0n) is 15.0. The summed E-state index contributed by atoms with van der Waals surface area (Å²) in [5, 5.41) is 2.83. The van der Waals surface area contributed by atoms with Crippen LogP contribution in [-0.4, -0.2) is 37.1 Å². The summed E-state index contributed by atoms with van der Waals surface area (Å²) in [5.74, 6) is 1.64. The molecule has 0 radical (unpaired) electrons. The first-order valence-electron chi connectivity index (χ1n) is 8.76. The van der Waals surface area contributed by atoms with Crippen LogP contribution in [0.15, 0.2) is 52.6 Å². The lowest BCUT2D eigenvalue weighted by Gasteiger charge is -2.18. The number of thiazole rings is 1. The number of amides is 1. The number of benzene rings is 2. The molecule has 0 atom stereocenters. The van der Waals surface area contributed by atoms with Gasteiger partial charge in [-0.25, -0.2) is 9.98 Å². The Kier molecular flexibility index (Phi) is 3.98. The van der Waals surface area contributed by atoms with E-state index in [1.807, 2.05) is 53.9 Å². The fraction of sp³-hybridized carbons (Fsp3) is 0.150. The van der Waals surface area contributed by atoms with E-state index in [0.717, 1.165) is 21.5 Å². The second kappa shape index (κ2) is 6.65. The van der Waals surface area contributed by atoms with Gasteiger partial charge in [0.2, 0.25) is 5.96 Å². The summed E-state index contributed by atoms with van der Waals surface area (Å²) in [6.07, 6.45) is 1.74. The number of fused-ring (bicyclic) bond motifs is 2. The number of hydrogen-bond acceptors (Lipinski definition) is 7. The van der Waals surface area contributed by atoms with Gasteiger partial charge in [-0.15, -0.1) is 11.3 Å². The van der Waals surface area contributed by atoms with E-state index < -0.39 is 0 Å². The van der Waals surface area contributed by atoms with E-state index in [4.69, 9.17) is 9.47 Å². The van der Waals surface area contributed by atoms with Crippen molar-refractivity contribution >= 4 is 45.2 Å². The van der Waals surface area contributed by atoms with Gasteiger partial charge in [-0.3, -0.25) is 10.1 Å². The lowest BCUT2D eigenvalue weighted by Crippen LogP contribution is -2.37. The van der Waals surface area contributed by atoms with Crippen LogP contribution in [0.25, 0.3) is 16.3 Å². The van der Waals surface area contributed by atoms with E-state index in [9.17, 15) is 4.79 Å². The third kappa shape index (κ3) is 2.97. The molecule has 2 aromatic carbocycles. The van der Waals surface area contributed by atoms with Crippen LogP contribution in [0.5, 0.6) is 11.5 Å². The third-order valence-corrected chi connectivity index (χ3v) is 5.37. The minimum Gasteiger partial charge on any atom is -0.486 e. The molecule has 5 rings (SSSR count). The van der Waals surface area contributed by atoms with Crippen molar-refractivity contribution in [1.82, 2.24) is 10.3 Å². The van der Waals surface area contributed by atoms with Gasteiger partial charge in [0.15, 0.2) is 11.5 Å². The topological polar surface area (TPSA) is 76.1 Å². The van der Waals surface area contributed by atoms with Gasteiger partial charge in [0, 0.05) is 12.7 Å². The molecule has 28 heavy (non-hydrogen) atoms. The van der Waals surface area contributed by atoms with Crippen LogP contribution < -0.4 is 19.7 Å². The summed E-state index contributed by atoms with van der Waals surface area (Å²) in [6.45, 7) is 1.06. The minimum atomic E-state index is -0.240. The molecule has 140 valence electrons. The monoisotopic (exact) mass is 392 g/mol. The highest BCUT2D eigenvalue weighted by atomic mass is 32.1. The molecule has 8 heteroatoms. The first kappa shape index (κ1) is 16.8. The van der Waals surface area contributed by atoms with Gasteiger partial charge in [0.1, 0.15) is 18.9 Å². The van der Waals surface area contributed by atoms with Gasteiger partial charge in [-0.05, 0) is 42.0 Å². The average molecular weight is 392 g/mol. The molecule has 2 aliphatic rings. The van der Waals surface area contributed by atoms with Gasteiger partial charge in [0.25, 0.3) is 5.91 Å². The minimum absolute atomic E-state index is 0.240. The summed E-state index contributed by atoms with van der Waals surface area (Å²) >= 11 is 1.58. The summed E-state index contributed by atoms with van der Waals surface area (Å²) in [5.41, 5.74) is 4.87. The Morgan fingerprint density at radius 1 is 1.14 bits per heavy atom. The number of nitrogens with zero attached hydrogens (tertiary/aromatic N) is 3. The summed E-state index contributed by atoms with van der Waals surface area (Å²) in [6, 6.07) is 11.5. The lowest BCUT2D eigenvalue weighted by atomic mass is 10.1. The maximum absolute atomic E-state index is 12.4. The predicted molar refractivity (Wildman–Crippen MR) is 109 cm³/mol. The van der Waals surface area contributed by atoms with Crippen molar-refractivity contribution in [2.45, 2.75) is 0 Å². The highest BCUT2D eigenvalue weighted by Crippen LogP contribution is 2.32. The number of guanidine groups is 1. The number of aromatic nitrogens is 1. The molecular weight excluding hydrogens is 376 g/mol. The summed E-state index contributed by atoms with van der Waals surface area (Å²) < 4.78 is 12.2. The van der Waals surface area contributed by atoms with Crippen LogP contribution in [0, 0.1) is 0 Å². The first-order valence-corrected chi connectivity index (χ1v) is 9.64. The van der Waals surface area contributed by atoms with Crippen molar-refractivity contribution < 1.29 is 14.3 Å². The molecule has 0 bridgehead atoms. The molecule has 0 fully saturated rings. The Labute approximate surface area is 164 Å². The molecule has 1 aromatic heterocycles. The lowest BCUT2D eigenvalue weighted by molar-refractivity contribution is -0.115. The Hall–Kier alpha value is -3.39. The standard InChI is InChI=1S/C20H16N4O3S/c1-24(13-3-4-14-18(10-13)28-11-21-14)20-22-15(19(25)23-20)8-12-2-5-16-17(9-12)27-7-6-26-16/h2-5,8-11H,6-7H2,1H3,(H,22,23,25)/b15-8-. The summed E-state index contributed by atoms with van der Waals surface area (Å²) in [4.78, 5) is 23.0. The van der Waals surface area contributed by atoms with Crippen molar-refractivity contribution in [2.24, 2.45) is 4.99 Å². The number of rotatable bonds is 2. The Morgan fingerprint density at radius 2 is 2.00 bits per heavy atom. The van der Waals surface area contributed by atoms with Crippen LogP contribution in [0.4, 0.5) is 5.69 Å². The van der Waals surface area contributed by atoms with Crippen molar-refractivity contribution in [3.8, 4) is 11.5 Å². The summed E-state index contributed by atoms with van der Waals surface area (Å²) in [7, 11) is 1.87. The normalized spacial score (nSPS) is 17.0. The number of hydrogen-bond donors (Lipinski definition) is 1. The molecule has 7 nitrogen and oxygen atoms in total. The maximum Gasteiger partial charge on any atom is 0.276 e. The van der Waals surface area contributed by atoms with Gasteiger partial charge < -0.3 is 14.4 Å². The number of ether oxygens (including phenoxy) is 2. The SMILES string of the molecule is CN(C1=N/C(=C\c2ccc3c(c2)OCCO3)C(=O)N1)c1ccc2ncsc2c1. The number of aliphatic imine (C=N–C) groups is 1. The third-order valence-electron chi connectivity index (χ3n) is 4.57. The number of nitrogens with one attached hydrogen (secondary N) is 1. The van der Waals surface area contributed by atoms with E-state index in [0.29, 0.717) is 36.4 Å². The van der Waals surface area contributed by atoms with E-state index in [1.54, 1.807) is 17.4 Å². The van der Waals surface area contributed by atoms with E-state index in [2.05, 4.69) is 15.3 Å². The number of anilines is 1. The van der Waals surface area contributed by atoms with Crippen molar-refractivity contribution in [3.63, 3.8) is 0 Å². The molecule has 0 saturated heterocycles. The average Bonchev–Trinajstić information content (AvgIpc) is 3.33. The predicted octanol–water partition coefficient (Wildman–Crippen LogP) is 3.03. The van der Waals surface area contributed by atoms with Crippen molar-refractivity contribution in [3.05, 3.63) is 53.2 Å². The van der Waals surface area contributed by atoms with Crippen LogP contribution >= 0.6 is 11.3 Å². The molecule has 2 aliphatic heterocycles. The Morgan fingerprint density at radius 3 is 2.89 bits per heavy atom. The molecule has 3 aromatic rings. The molecule has 3 heterocycles.